The van der Waals surface area contributed by atoms with Crippen molar-refractivity contribution in [2.45, 2.75) is 62.2 Å². The second-order valence-corrected chi connectivity index (χ2v) is 6.67. The molecule has 8 atom stereocenters. The molecule has 4 unspecified atom stereocenters. The van der Waals surface area contributed by atoms with Crippen molar-refractivity contribution in [1.29, 1.82) is 0 Å². The standard InChI is InChI=1S/C16H22O16/c1-4(17)13(25)30-29-7(19)3-6(15(27)32-31-14(26)5(2)18)16(28)11(23)9(21)8(20)10(22)12(16)24/h3-5,8-12,17-18,20-24,28H,1-2H3/b6-3-/t4?,5?,8?,9-,10+,11-,12-,16?/m1/s1. The molecule has 0 aromatic carbocycles. The maximum Gasteiger partial charge on any atom is 0.385 e. The van der Waals surface area contributed by atoms with Crippen LogP contribution in [-0.2, 0) is 38.7 Å². The first-order chi connectivity index (χ1) is 14.7. The maximum atomic E-state index is 12.3. The molecule has 16 heteroatoms. The van der Waals surface area contributed by atoms with E-state index < -0.39 is 77.8 Å². The maximum absolute atomic E-state index is 12.3. The number of aliphatic hydroxyl groups is 8. The fourth-order valence-electron chi connectivity index (χ4n) is 2.41. The lowest BCUT2D eigenvalue weighted by Gasteiger charge is -2.47. The summed E-state index contributed by atoms with van der Waals surface area (Å²) in [5, 5.41) is 78.3. The van der Waals surface area contributed by atoms with E-state index in [1.54, 1.807) is 0 Å². The molecule has 16 nitrogen and oxygen atoms in total. The van der Waals surface area contributed by atoms with Crippen LogP contribution < -0.4 is 0 Å². The lowest BCUT2D eigenvalue weighted by molar-refractivity contribution is -0.273. The Hall–Kier alpha value is -2.70. The molecule has 0 saturated heterocycles. The van der Waals surface area contributed by atoms with Crippen molar-refractivity contribution < 1.29 is 79.6 Å². The van der Waals surface area contributed by atoms with Crippen LogP contribution in [0.25, 0.3) is 0 Å². The van der Waals surface area contributed by atoms with Crippen molar-refractivity contribution in [3.05, 3.63) is 11.6 Å². The molecular weight excluding hydrogens is 448 g/mol. The van der Waals surface area contributed by atoms with Crippen molar-refractivity contribution >= 4 is 23.9 Å². The van der Waals surface area contributed by atoms with E-state index in [0.717, 1.165) is 13.8 Å². The van der Waals surface area contributed by atoms with Crippen LogP contribution >= 0.6 is 0 Å². The predicted octanol–water partition coefficient (Wildman–Crippen LogP) is -5.77. The number of carbonyl (C=O) groups is 4. The number of aliphatic hydroxyl groups excluding tert-OH is 7. The number of hydrogen-bond acceptors (Lipinski definition) is 16. The van der Waals surface area contributed by atoms with Crippen LogP contribution in [0.1, 0.15) is 13.8 Å². The van der Waals surface area contributed by atoms with Crippen molar-refractivity contribution in [3.63, 3.8) is 0 Å². The monoisotopic (exact) mass is 470 g/mol. The van der Waals surface area contributed by atoms with Gasteiger partial charge in [0.2, 0.25) is 0 Å². The third-order valence-electron chi connectivity index (χ3n) is 4.25. The smallest absolute Gasteiger partial charge is 0.385 e. The Balaban J connectivity index is 3.34. The van der Waals surface area contributed by atoms with Crippen LogP contribution in [-0.4, -0.2) is 113 Å². The van der Waals surface area contributed by atoms with E-state index >= 15 is 0 Å². The summed E-state index contributed by atoms with van der Waals surface area (Å²) in [6.07, 6.45) is -15.9. The molecule has 1 fully saturated rings. The van der Waals surface area contributed by atoms with Gasteiger partial charge in [0.25, 0.3) is 0 Å². The van der Waals surface area contributed by atoms with Crippen molar-refractivity contribution in [2.24, 2.45) is 0 Å². The molecule has 182 valence electrons. The molecule has 32 heavy (non-hydrogen) atoms. The van der Waals surface area contributed by atoms with E-state index in [1.165, 1.54) is 0 Å². The first-order valence-corrected chi connectivity index (χ1v) is 8.72. The SMILES string of the molecule is CC(O)C(=O)OOC(=O)/C=C(/C(=O)OOC(=O)C(C)O)C1(O)[C@H](O)[C@H](O)C(O)[C@H](O)[C@H]1O. The van der Waals surface area contributed by atoms with E-state index in [4.69, 9.17) is 10.2 Å². The quantitative estimate of drug-likeness (QED) is 0.106. The van der Waals surface area contributed by atoms with Gasteiger partial charge < -0.3 is 40.9 Å². The normalized spacial score (nSPS) is 32.3. The highest BCUT2D eigenvalue weighted by Crippen LogP contribution is 2.36. The van der Waals surface area contributed by atoms with Gasteiger partial charge in [0.1, 0.15) is 30.5 Å². The van der Waals surface area contributed by atoms with Crippen molar-refractivity contribution in [3.8, 4) is 0 Å². The predicted molar refractivity (Wildman–Crippen MR) is 90.8 cm³/mol. The van der Waals surface area contributed by atoms with E-state index in [9.17, 15) is 49.8 Å². The third-order valence-corrected chi connectivity index (χ3v) is 4.25. The summed E-state index contributed by atoms with van der Waals surface area (Å²) in [5.74, 6) is -6.78. The molecule has 0 aromatic heterocycles. The van der Waals surface area contributed by atoms with Crippen LogP contribution in [0.15, 0.2) is 11.6 Å². The molecule has 0 radical (unpaired) electrons. The van der Waals surface area contributed by atoms with Crippen LogP contribution in [0.2, 0.25) is 0 Å². The van der Waals surface area contributed by atoms with Gasteiger partial charge in [0.15, 0.2) is 17.8 Å². The third kappa shape index (κ3) is 5.75. The zero-order valence-corrected chi connectivity index (χ0v) is 16.5. The summed E-state index contributed by atoms with van der Waals surface area (Å²) in [5.41, 5.74) is -4.97. The lowest BCUT2D eigenvalue weighted by Crippen LogP contribution is -2.72. The first-order valence-electron chi connectivity index (χ1n) is 8.72. The minimum Gasteiger partial charge on any atom is -0.387 e. The Kier molecular flexibility index (Phi) is 9.18. The molecule has 0 aliphatic heterocycles. The Morgan fingerprint density at radius 2 is 1.16 bits per heavy atom. The topological polar surface area (TPSA) is 267 Å². The minimum absolute atomic E-state index is 0.0442. The van der Waals surface area contributed by atoms with E-state index in [0.29, 0.717) is 0 Å². The second-order valence-electron chi connectivity index (χ2n) is 6.67. The molecule has 0 heterocycles. The number of rotatable bonds is 5. The molecule has 1 aliphatic rings. The summed E-state index contributed by atoms with van der Waals surface area (Å²) in [4.78, 5) is 62.4. The summed E-state index contributed by atoms with van der Waals surface area (Å²) in [6, 6.07) is 0. The van der Waals surface area contributed by atoms with Gasteiger partial charge >= 0.3 is 23.9 Å². The van der Waals surface area contributed by atoms with Crippen molar-refractivity contribution in [1.82, 2.24) is 0 Å². The van der Waals surface area contributed by atoms with Crippen LogP contribution in [0.3, 0.4) is 0 Å². The molecule has 0 bridgehead atoms. The highest BCUT2D eigenvalue weighted by Gasteiger charge is 2.61. The van der Waals surface area contributed by atoms with Gasteiger partial charge in [-0.05, 0) is 13.8 Å². The van der Waals surface area contributed by atoms with Gasteiger partial charge in [0.05, 0.1) is 5.57 Å². The number of hydrogen-bond donors (Lipinski definition) is 8. The Bertz CT molecular complexity index is 741. The molecule has 8 N–H and O–H groups in total. The van der Waals surface area contributed by atoms with E-state index in [1.807, 2.05) is 0 Å². The average molecular weight is 470 g/mol. The van der Waals surface area contributed by atoms with E-state index in [-0.39, 0.29) is 6.08 Å². The Labute approximate surface area is 178 Å². The molecule has 1 saturated carbocycles. The average Bonchev–Trinajstić information content (AvgIpc) is 2.74. The fourth-order valence-corrected chi connectivity index (χ4v) is 2.41. The van der Waals surface area contributed by atoms with Gasteiger partial charge in [0, 0.05) is 6.08 Å². The molecule has 0 amide bonds. The number of carbonyl (C=O) groups excluding carboxylic acids is 4. The minimum atomic E-state index is -3.46. The molecule has 1 aliphatic carbocycles. The molecule has 1 rings (SSSR count). The highest BCUT2D eigenvalue weighted by atomic mass is 17.2. The Morgan fingerprint density at radius 3 is 1.56 bits per heavy atom. The lowest BCUT2D eigenvalue weighted by atomic mass is 9.70. The van der Waals surface area contributed by atoms with E-state index in [2.05, 4.69) is 19.6 Å². The Morgan fingerprint density at radius 1 is 0.750 bits per heavy atom. The highest BCUT2D eigenvalue weighted by molar-refractivity contribution is 5.98. The molecular formula is C16H22O16. The van der Waals surface area contributed by atoms with Gasteiger partial charge in [-0.3, -0.25) is 0 Å². The zero-order chi connectivity index (χ0) is 25.0. The molecule has 0 spiro atoms. The fraction of sp³-hybridized carbons (Fsp3) is 0.625. The van der Waals surface area contributed by atoms with Crippen LogP contribution in [0.4, 0.5) is 0 Å². The summed E-state index contributed by atoms with van der Waals surface area (Å²) < 4.78 is 0. The molecule has 0 aromatic rings. The van der Waals surface area contributed by atoms with Crippen molar-refractivity contribution in [2.75, 3.05) is 0 Å². The summed E-state index contributed by atoms with van der Waals surface area (Å²) in [7, 11) is 0. The zero-order valence-electron chi connectivity index (χ0n) is 16.5. The largest absolute Gasteiger partial charge is 0.387 e. The van der Waals surface area contributed by atoms with Gasteiger partial charge in [-0.25, -0.2) is 38.7 Å². The summed E-state index contributed by atoms with van der Waals surface area (Å²) in [6.45, 7) is 1.86. The van der Waals surface area contributed by atoms with Crippen LogP contribution in [0.5, 0.6) is 0 Å². The van der Waals surface area contributed by atoms with Gasteiger partial charge in [-0.2, -0.15) is 0 Å². The van der Waals surface area contributed by atoms with Gasteiger partial charge in [-0.15, -0.1) is 0 Å². The summed E-state index contributed by atoms with van der Waals surface area (Å²) >= 11 is 0. The van der Waals surface area contributed by atoms with Gasteiger partial charge in [-0.1, -0.05) is 0 Å². The second kappa shape index (κ2) is 10.7. The first kappa shape index (κ1) is 27.3. The van der Waals surface area contributed by atoms with Crippen LogP contribution in [0, 0.1) is 0 Å².